The minimum atomic E-state index is -0.763. The number of carboxylic acids is 1. The van der Waals surface area contributed by atoms with Gasteiger partial charge in [0.1, 0.15) is 5.54 Å². The van der Waals surface area contributed by atoms with Crippen molar-refractivity contribution in [2.24, 2.45) is 0 Å². The summed E-state index contributed by atoms with van der Waals surface area (Å²) in [7, 11) is 0. The number of aliphatic carboxylic acids is 1. The second-order valence-electron chi connectivity index (χ2n) is 6.54. The van der Waals surface area contributed by atoms with E-state index in [0.29, 0.717) is 12.5 Å². The van der Waals surface area contributed by atoms with Crippen LogP contribution in [0.15, 0.2) is 0 Å². The van der Waals surface area contributed by atoms with Crippen LogP contribution in [-0.2, 0) is 9.53 Å². The molecule has 0 saturated heterocycles. The Balaban J connectivity index is 1.97. The molecule has 0 amide bonds. The number of carboxylic acid groups (broad SMARTS) is 1. The zero-order valence-electron chi connectivity index (χ0n) is 13.8. The van der Waals surface area contributed by atoms with E-state index in [0.717, 1.165) is 45.3 Å². The Morgan fingerprint density at radius 1 is 1.14 bits per heavy atom. The number of ether oxygens (including phenoxy) is 1. The van der Waals surface area contributed by atoms with Gasteiger partial charge < -0.3 is 9.84 Å². The first-order valence-electron chi connectivity index (χ1n) is 8.67. The van der Waals surface area contributed by atoms with E-state index in [4.69, 9.17) is 4.74 Å². The number of hydrogen-bond donors (Lipinski definition) is 2. The maximum absolute atomic E-state index is 11.4. The van der Waals surface area contributed by atoms with Gasteiger partial charge in [-0.05, 0) is 45.4 Å². The Bertz CT molecular complexity index is 292. The molecule has 0 bridgehead atoms. The molecular formula is C17H33NO3. The van der Waals surface area contributed by atoms with Crippen molar-refractivity contribution in [1.82, 2.24) is 5.32 Å². The van der Waals surface area contributed by atoms with Gasteiger partial charge in [-0.2, -0.15) is 0 Å². The van der Waals surface area contributed by atoms with Crippen LogP contribution in [0.25, 0.3) is 0 Å². The first-order valence-corrected chi connectivity index (χ1v) is 8.67. The highest BCUT2D eigenvalue weighted by Crippen LogP contribution is 2.25. The predicted octanol–water partition coefficient (Wildman–Crippen LogP) is 3.74. The van der Waals surface area contributed by atoms with Crippen molar-refractivity contribution < 1.29 is 14.6 Å². The molecule has 1 aliphatic carbocycles. The maximum Gasteiger partial charge on any atom is 0.323 e. The number of unbranched alkanes of at least 4 members (excludes halogenated alkanes) is 5. The Morgan fingerprint density at radius 2 is 1.76 bits per heavy atom. The molecular weight excluding hydrogens is 266 g/mol. The Hall–Kier alpha value is -0.610. The standard InChI is InChI=1S/C17H33NO3/c1-3-4-5-6-8-13-21-14-9-7-12-17(2,16(19)20)18-15-10-11-15/h15,18H,3-14H2,1-2H3,(H,19,20). The van der Waals surface area contributed by atoms with E-state index < -0.39 is 11.5 Å². The Labute approximate surface area is 129 Å². The van der Waals surface area contributed by atoms with Gasteiger partial charge in [0.2, 0.25) is 0 Å². The molecule has 1 rings (SSSR count). The SMILES string of the molecule is CCCCCCCOCCCCC(C)(NC1CC1)C(=O)O. The molecule has 1 fully saturated rings. The van der Waals surface area contributed by atoms with Gasteiger partial charge in [0, 0.05) is 19.3 Å². The normalized spacial score (nSPS) is 17.6. The minimum Gasteiger partial charge on any atom is -0.480 e. The van der Waals surface area contributed by atoms with Crippen molar-refractivity contribution >= 4 is 5.97 Å². The molecule has 21 heavy (non-hydrogen) atoms. The average molecular weight is 299 g/mol. The summed E-state index contributed by atoms with van der Waals surface area (Å²) in [6, 6.07) is 0.422. The van der Waals surface area contributed by atoms with Gasteiger partial charge in [0.05, 0.1) is 0 Å². The average Bonchev–Trinajstić information content (AvgIpc) is 3.24. The van der Waals surface area contributed by atoms with Crippen LogP contribution in [0.2, 0.25) is 0 Å². The summed E-state index contributed by atoms with van der Waals surface area (Å²) < 4.78 is 5.61. The summed E-state index contributed by atoms with van der Waals surface area (Å²) >= 11 is 0. The molecule has 124 valence electrons. The van der Waals surface area contributed by atoms with Crippen molar-refractivity contribution in [3.63, 3.8) is 0 Å². The van der Waals surface area contributed by atoms with Crippen LogP contribution in [0, 0.1) is 0 Å². The number of rotatable bonds is 14. The van der Waals surface area contributed by atoms with Gasteiger partial charge >= 0.3 is 5.97 Å². The van der Waals surface area contributed by atoms with Crippen LogP contribution >= 0.6 is 0 Å². The maximum atomic E-state index is 11.4. The molecule has 4 heteroatoms. The summed E-state index contributed by atoms with van der Waals surface area (Å²) in [4.78, 5) is 11.4. The van der Waals surface area contributed by atoms with E-state index >= 15 is 0 Å². The highest BCUT2D eigenvalue weighted by Gasteiger charge is 2.37. The van der Waals surface area contributed by atoms with Crippen LogP contribution in [0.4, 0.5) is 0 Å². The van der Waals surface area contributed by atoms with Gasteiger partial charge in [0.15, 0.2) is 0 Å². The summed E-state index contributed by atoms with van der Waals surface area (Å²) in [5, 5.41) is 12.6. The first kappa shape index (κ1) is 18.4. The fourth-order valence-corrected chi connectivity index (χ4v) is 2.51. The summed E-state index contributed by atoms with van der Waals surface area (Å²) in [5.41, 5.74) is -0.763. The van der Waals surface area contributed by atoms with Crippen molar-refractivity contribution in [2.75, 3.05) is 13.2 Å². The van der Waals surface area contributed by atoms with Crippen molar-refractivity contribution in [3.8, 4) is 0 Å². The lowest BCUT2D eigenvalue weighted by Crippen LogP contribution is -2.50. The summed E-state index contributed by atoms with van der Waals surface area (Å²) in [6.07, 6.45) is 11.1. The number of carbonyl (C=O) groups is 1. The van der Waals surface area contributed by atoms with Crippen LogP contribution in [-0.4, -0.2) is 35.9 Å². The molecule has 0 aromatic carbocycles. The third-order valence-corrected chi connectivity index (χ3v) is 4.18. The van der Waals surface area contributed by atoms with Crippen molar-refractivity contribution in [1.29, 1.82) is 0 Å². The van der Waals surface area contributed by atoms with Gasteiger partial charge in [-0.1, -0.05) is 32.6 Å². The van der Waals surface area contributed by atoms with Crippen molar-refractivity contribution in [3.05, 3.63) is 0 Å². The third kappa shape index (κ3) is 8.42. The molecule has 1 aliphatic rings. The molecule has 0 spiro atoms. The second-order valence-corrected chi connectivity index (χ2v) is 6.54. The quantitative estimate of drug-likeness (QED) is 0.480. The fraction of sp³-hybridized carbons (Fsp3) is 0.941. The van der Waals surface area contributed by atoms with Crippen LogP contribution in [0.3, 0.4) is 0 Å². The molecule has 1 atom stereocenters. The molecule has 1 saturated carbocycles. The lowest BCUT2D eigenvalue weighted by Gasteiger charge is -2.26. The Kier molecular flexibility index (Phi) is 8.93. The zero-order chi connectivity index (χ0) is 15.6. The minimum absolute atomic E-state index is 0.422. The van der Waals surface area contributed by atoms with E-state index in [1.807, 2.05) is 6.92 Å². The van der Waals surface area contributed by atoms with Crippen LogP contribution in [0.1, 0.15) is 78.1 Å². The van der Waals surface area contributed by atoms with Gasteiger partial charge in [0.25, 0.3) is 0 Å². The first-order chi connectivity index (χ1) is 10.1. The second kappa shape index (κ2) is 10.2. The monoisotopic (exact) mass is 299 g/mol. The van der Waals surface area contributed by atoms with Gasteiger partial charge in [-0.3, -0.25) is 10.1 Å². The molecule has 1 unspecified atom stereocenters. The molecule has 4 nitrogen and oxygen atoms in total. The van der Waals surface area contributed by atoms with Gasteiger partial charge in [-0.25, -0.2) is 0 Å². The van der Waals surface area contributed by atoms with E-state index in [9.17, 15) is 9.90 Å². The van der Waals surface area contributed by atoms with E-state index in [2.05, 4.69) is 12.2 Å². The lowest BCUT2D eigenvalue weighted by atomic mass is 9.95. The summed E-state index contributed by atoms with van der Waals surface area (Å²) in [5.74, 6) is -0.730. The van der Waals surface area contributed by atoms with Crippen LogP contribution < -0.4 is 5.32 Å². The molecule has 0 aromatic heterocycles. The van der Waals surface area contributed by atoms with E-state index in [1.165, 1.54) is 25.7 Å². The van der Waals surface area contributed by atoms with Crippen LogP contribution in [0.5, 0.6) is 0 Å². The van der Waals surface area contributed by atoms with Crippen molar-refractivity contribution in [2.45, 2.75) is 89.6 Å². The summed E-state index contributed by atoms with van der Waals surface area (Å²) in [6.45, 7) is 5.63. The molecule has 0 radical (unpaired) electrons. The predicted molar refractivity (Wildman–Crippen MR) is 85.6 cm³/mol. The number of nitrogens with one attached hydrogen (secondary N) is 1. The smallest absolute Gasteiger partial charge is 0.323 e. The molecule has 0 aromatic rings. The highest BCUT2D eigenvalue weighted by atomic mass is 16.5. The fourth-order valence-electron chi connectivity index (χ4n) is 2.51. The zero-order valence-corrected chi connectivity index (χ0v) is 13.8. The molecule has 0 aliphatic heterocycles. The molecule has 2 N–H and O–H groups in total. The third-order valence-electron chi connectivity index (χ3n) is 4.18. The topological polar surface area (TPSA) is 58.6 Å². The van der Waals surface area contributed by atoms with E-state index in [1.54, 1.807) is 0 Å². The lowest BCUT2D eigenvalue weighted by molar-refractivity contribution is -0.144. The number of hydrogen-bond acceptors (Lipinski definition) is 3. The molecule has 0 heterocycles. The largest absolute Gasteiger partial charge is 0.480 e. The highest BCUT2D eigenvalue weighted by molar-refractivity contribution is 5.78. The van der Waals surface area contributed by atoms with Gasteiger partial charge in [-0.15, -0.1) is 0 Å². The van der Waals surface area contributed by atoms with E-state index in [-0.39, 0.29) is 0 Å². The Morgan fingerprint density at radius 3 is 2.33 bits per heavy atom.